The number of hydrazone groups is 1. The number of carbonyl (C=O) groups excluding carboxylic acids is 2. The number of nitrogens with zero attached hydrogens (tertiary/aromatic N) is 1. The number of esters is 2. The smallest absolute Gasteiger partial charge is 0.343 e. The van der Waals surface area contributed by atoms with E-state index in [4.69, 9.17) is 21.7 Å². The molecular weight excluding hydrogens is 426 g/mol. The van der Waals surface area contributed by atoms with Crippen molar-refractivity contribution in [2.24, 2.45) is 5.10 Å². The predicted octanol–water partition coefficient (Wildman–Crippen LogP) is 3.94. The topological polar surface area (TPSA) is 89.0 Å². The molecule has 32 heavy (non-hydrogen) atoms. The first-order valence-electron chi connectivity index (χ1n) is 9.82. The third kappa shape index (κ3) is 6.48. The molecule has 0 unspecified atom stereocenters. The maximum atomic E-state index is 12.6. The Hall–Kier alpha value is -4.04. The summed E-state index contributed by atoms with van der Waals surface area (Å²) in [6.45, 7) is 2.57. The summed E-state index contributed by atoms with van der Waals surface area (Å²) in [7, 11) is 0. The number of hydrogen-bond acceptors (Lipinski definition) is 6. The van der Waals surface area contributed by atoms with Crippen LogP contribution in [0.1, 0.15) is 33.2 Å². The zero-order valence-corrected chi connectivity index (χ0v) is 18.1. The molecule has 0 spiro atoms. The second-order valence-corrected chi connectivity index (χ2v) is 6.85. The summed E-state index contributed by atoms with van der Waals surface area (Å²) in [6, 6.07) is 21.8. The van der Waals surface area contributed by atoms with Crippen LogP contribution >= 0.6 is 12.2 Å². The highest BCUT2D eigenvalue weighted by atomic mass is 32.1. The molecule has 2 N–H and O–H groups in total. The molecule has 0 amide bonds. The number of rotatable bonds is 7. The van der Waals surface area contributed by atoms with Crippen molar-refractivity contribution in [1.82, 2.24) is 10.7 Å². The first kappa shape index (κ1) is 22.6. The number of hydrogen-bond donors (Lipinski definition) is 2. The van der Waals surface area contributed by atoms with Gasteiger partial charge in [0.25, 0.3) is 0 Å². The lowest BCUT2D eigenvalue weighted by atomic mass is 10.2. The van der Waals surface area contributed by atoms with Crippen LogP contribution in [0.4, 0.5) is 0 Å². The van der Waals surface area contributed by atoms with Gasteiger partial charge in [-0.05, 0) is 55.5 Å². The average molecular weight is 448 g/mol. The lowest BCUT2D eigenvalue weighted by Gasteiger charge is -2.11. The summed E-state index contributed by atoms with van der Waals surface area (Å²) in [4.78, 5) is 24.9. The molecular formula is C24H21N3O4S. The van der Waals surface area contributed by atoms with Crippen LogP contribution < -0.4 is 20.2 Å². The van der Waals surface area contributed by atoms with Crippen LogP contribution in [-0.2, 0) is 0 Å². The van der Waals surface area contributed by atoms with Crippen molar-refractivity contribution in [2.75, 3.05) is 6.54 Å². The van der Waals surface area contributed by atoms with Gasteiger partial charge in [0.1, 0.15) is 11.5 Å². The Morgan fingerprint density at radius 3 is 2.09 bits per heavy atom. The molecule has 0 aromatic heterocycles. The van der Waals surface area contributed by atoms with E-state index >= 15 is 0 Å². The van der Waals surface area contributed by atoms with Gasteiger partial charge in [-0.15, -0.1) is 0 Å². The SMILES string of the molecule is CCNC(=S)N/N=C\c1ccc(OC(=O)c2ccccc2)cc1OC(=O)c1ccccc1. The van der Waals surface area contributed by atoms with Gasteiger partial charge in [-0.2, -0.15) is 5.10 Å². The molecule has 3 aromatic carbocycles. The third-order valence-corrected chi connectivity index (χ3v) is 4.36. The van der Waals surface area contributed by atoms with E-state index in [1.807, 2.05) is 13.0 Å². The van der Waals surface area contributed by atoms with Gasteiger partial charge in [-0.3, -0.25) is 5.43 Å². The molecule has 7 nitrogen and oxygen atoms in total. The summed E-state index contributed by atoms with van der Waals surface area (Å²) in [5, 5.41) is 7.33. The minimum atomic E-state index is -0.553. The van der Waals surface area contributed by atoms with Crippen LogP contribution in [0.3, 0.4) is 0 Å². The minimum absolute atomic E-state index is 0.178. The Balaban J connectivity index is 1.83. The van der Waals surface area contributed by atoms with Gasteiger partial charge < -0.3 is 14.8 Å². The van der Waals surface area contributed by atoms with Crippen LogP contribution in [0.15, 0.2) is 84.0 Å². The molecule has 0 heterocycles. The van der Waals surface area contributed by atoms with Gasteiger partial charge in [-0.25, -0.2) is 9.59 Å². The first-order chi connectivity index (χ1) is 15.6. The minimum Gasteiger partial charge on any atom is -0.423 e. The van der Waals surface area contributed by atoms with E-state index in [0.717, 1.165) is 0 Å². The van der Waals surface area contributed by atoms with Crippen molar-refractivity contribution in [3.8, 4) is 11.5 Å². The molecule has 0 radical (unpaired) electrons. The number of thiocarbonyl (C=S) groups is 1. The highest BCUT2D eigenvalue weighted by Crippen LogP contribution is 2.25. The fraction of sp³-hybridized carbons (Fsp3) is 0.0833. The molecule has 0 aliphatic rings. The summed E-state index contributed by atoms with van der Waals surface area (Å²) in [5.74, 6) is -0.673. The lowest BCUT2D eigenvalue weighted by molar-refractivity contribution is 0.0732. The zero-order valence-electron chi connectivity index (χ0n) is 17.3. The van der Waals surface area contributed by atoms with Crippen LogP contribution in [-0.4, -0.2) is 29.8 Å². The molecule has 0 aliphatic heterocycles. The largest absolute Gasteiger partial charge is 0.423 e. The van der Waals surface area contributed by atoms with Gasteiger partial charge in [-0.1, -0.05) is 36.4 Å². The van der Waals surface area contributed by atoms with Crippen molar-refractivity contribution in [2.45, 2.75) is 6.92 Å². The van der Waals surface area contributed by atoms with Gasteiger partial charge in [0.05, 0.1) is 17.3 Å². The Morgan fingerprint density at radius 2 is 1.50 bits per heavy atom. The van der Waals surface area contributed by atoms with Crippen molar-refractivity contribution in [3.63, 3.8) is 0 Å². The molecule has 0 bridgehead atoms. The monoisotopic (exact) mass is 447 g/mol. The molecule has 3 rings (SSSR count). The maximum Gasteiger partial charge on any atom is 0.343 e. The van der Waals surface area contributed by atoms with E-state index in [-0.39, 0.29) is 11.5 Å². The summed E-state index contributed by atoms with van der Waals surface area (Å²) >= 11 is 5.07. The molecule has 162 valence electrons. The van der Waals surface area contributed by atoms with E-state index in [2.05, 4.69) is 15.8 Å². The van der Waals surface area contributed by atoms with Crippen LogP contribution in [0.5, 0.6) is 11.5 Å². The van der Waals surface area contributed by atoms with Crippen molar-refractivity contribution in [1.29, 1.82) is 0 Å². The van der Waals surface area contributed by atoms with Crippen molar-refractivity contribution in [3.05, 3.63) is 95.6 Å². The van der Waals surface area contributed by atoms with Crippen molar-refractivity contribution >= 4 is 35.5 Å². The quantitative estimate of drug-likeness (QED) is 0.186. The standard InChI is InChI=1S/C24H21N3O4S/c1-2-25-24(32)27-26-16-19-13-14-20(30-22(28)17-9-5-3-6-10-17)15-21(19)31-23(29)18-11-7-4-8-12-18/h3-16H,2H2,1H3,(H2,25,27,32)/b26-16-. The number of carbonyl (C=O) groups is 2. The van der Waals surface area contributed by atoms with Gasteiger partial charge in [0.2, 0.25) is 0 Å². The van der Waals surface area contributed by atoms with E-state index in [9.17, 15) is 9.59 Å². The Kier molecular flexibility index (Phi) is 8.05. The molecule has 0 saturated heterocycles. The molecule has 8 heteroatoms. The average Bonchev–Trinajstić information content (AvgIpc) is 2.81. The highest BCUT2D eigenvalue weighted by Gasteiger charge is 2.14. The van der Waals surface area contributed by atoms with E-state index in [0.29, 0.717) is 28.3 Å². The summed E-state index contributed by atoms with van der Waals surface area (Å²) in [5.41, 5.74) is 3.95. The fourth-order valence-corrected chi connectivity index (χ4v) is 2.80. The predicted molar refractivity (Wildman–Crippen MR) is 126 cm³/mol. The Morgan fingerprint density at radius 1 is 0.906 bits per heavy atom. The second-order valence-electron chi connectivity index (χ2n) is 6.44. The number of ether oxygens (including phenoxy) is 2. The summed E-state index contributed by atoms with van der Waals surface area (Å²) < 4.78 is 11.0. The fourth-order valence-electron chi connectivity index (χ4n) is 2.61. The van der Waals surface area contributed by atoms with Gasteiger partial charge >= 0.3 is 11.9 Å². The second kappa shape index (κ2) is 11.4. The number of nitrogens with one attached hydrogen (secondary N) is 2. The molecule has 0 aliphatic carbocycles. The molecule has 0 saturated carbocycles. The Bertz CT molecular complexity index is 1120. The van der Waals surface area contributed by atoms with Crippen LogP contribution in [0.25, 0.3) is 0 Å². The third-order valence-electron chi connectivity index (χ3n) is 4.12. The Labute approximate surface area is 191 Å². The van der Waals surface area contributed by atoms with E-state index < -0.39 is 11.9 Å². The van der Waals surface area contributed by atoms with E-state index in [1.165, 1.54) is 12.3 Å². The van der Waals surface area contributed by atoms with Gasteiger partial charge in [0.15, 0.2) is 5.11 Å². The first-order valence-corrected chi connectivity index (χ1v) is 10.2. The van der Waals surface area contributed by atoms with E-state index in [1.54, 1.807) is 66.7 Å². The maximum absolute atomic E-state index is 12.6. The lowest BCUT2D eigenvalue weighted by Crippen LogP contribution is -2.31. The van der Waals surface area contributed by atoms with Crippen LogP contribution in [0, 0.1) is 0 Å². The normalized spacial score (nSPS) is 10.4. The highest BCUT2D eigenvalue weighted by molar-refractivity contribution is 7.80. The molecule has 0 atom stereocenters. The summed E-state index contributed by atoms with van der Waals surface area (Å²) in [6.07, 6.45) is 1.46. The molecule has 0 fully saturated rings. The van der Waals surface area contributed by atoms with Crippen molar-refractivity contribution < 1.29 is 19.1 Å². The van der Waals surface area contributed by atoms with Crippen LogP contribution in [0.2, 0.25) is 0 Å². The zero-order chi connectivity index (χ0) is 22.8. The number of benzene rings is 3. The molecule has 3 aromatic rings. The van der Waals surface area contributed by atoms with Gasteiger partial charge in [0, 0.05) is 18.2 Å².